The largest absolute Gasteiger partial charge is 0.488 e. The molecular weight excluding hydrogens is 419 g/mol. The Morgan fingerprint density at radius 3 is 1.85 bits per heavy atom. The number of hydrogen-bond acceptors (Lipinski definition) is 3. The molecule has 0 saturated carbocycles. The second-order valence-electron chi connectivity index (χ2n) is 8.44. The van der Waals surface area contributed by atoms with Crippen LogP contribution in [0.5, 0.6) is 0 Å². The van der Waals surface area contributed by atoms with Gasteiger partial charge in [-0.1, -0.05) is 91.0 Å². The molecule has 0 unspecified atom stereocenters. The first-order valence-corrected chi connectivity index (χ1v) is 11.2. The van der Waals surface area contributed by atoms with Gasteiger partial charge in [-0.05, 0) is 57.5 Å². The van der Waals surface area contributed by atoms with Gasteiger partial charge < -0.3 is 14.5 Å². The summed E-state index contributed by atoms with van der Waals surface area (Å²) in [7, 11) is -1.53. The zero-order valence-electron chi connectivity index (χ0n) is 18.3. The molecule has 1 heterocycles. The van der Waals surface area contributed by atoms with Gasteiger partial charge in [0.25, 0.3) is 0 Å². The average molecular weight is 440 g/mol. The predicted octanol–water partition coefficient (Wildman–Crippen LogP) is 6.27. The quantitative estimate of drug-likeness (QED) is 0.318. The number of rotatable bonds is 4. The summed E-state index contributed by atoms with van der Waals surface area (Å²) >= 11 is 0. The van der Waals surface area contributed by atoms with Crippen LogP contribution in [-0.4, -0.2) is 17.2 Å². The van der Waals surface area contributed by atoms with E-state index in [4.69, 9.17) is 4.42 Å². The Bertz CT molecular complexity index is 1620. The summed E-state index contributed by atoms with van der Waals surface area (Å²) in [6, 6.07) is 38.5. The molecule has 5 aromatic carbocycles. The van der Waals surface area contributed by atoms with E-state index in [-0.39, 0.29) is 0 Å². The summed E-state index contributed by atoms with van der Waals surface area (Å²) in [5.41, 5.74) is 8.30. The van der Waals surface area contributed by atoms with Gasteiger partial charge in [0, 0.05) is 16.3 Å². The summed E-state index contributed by atoms with van der Waals surface area (Å²) < 4.78 is 6.40. The van der Waals surface area contributed by atoms with Gasteiger partial charge in [-0.3, -0.25) is 0 Å². The van der Waals surface area contributed by atoms with Crippen LogP contribution >= 0.6 is 0 Å². The lowest BCUT2D eigenvalue weighted by atomic mass is 9.79. The van der Waals surface area contributed by atoms with E-state index in [9.17, 15) is 10.0 Å². The van der Waals surface area contributed by atoms with Crippen molar-refractivity contribution >= 4 is 34.5 Å². The van der Waals surface area contributed by atoms with Crippen molar-refractivity contribution in [1.29, 1.82) is 0 Å². The highest BCUT2D eigenvalue weighted by Crippen LogP contribution is 2.40. The Hall–Kier alpha value is -4.12. The maximum Gasteiger partial charge on any atom is 0.488 e. The van der Waals surface area contributed by atoms with Gasteiger partial charge >= 0.3 is 7.12 Å². The van der Waals surface area contributed by atoms with E-state index >= 15 is 0 Å². The van der Waals surface area contributed by atoms with Gasteiger partial charge in [0.1, 0.15) is 11.2 Å². The van der Waals surface area contributed by atoms with Crippen molar-refractivity contribution < 1.29 is 14.5 Å². The normalized spacial score (nSPS) is 11.2. The molecule has 0 atom stereocenters. The first-order chi connectivity index (χ1) is 16.7. The van der Waals surface area contributed by atoms with Crippen LogP contribution in [0.2, 0.25) is 0 Å². The minimum atomic E-state index is -1.53. The zero-order chi connectivity index (χ0) is 23.1. The molecule has 0 spiro atoms. The molecule has 0 aliphatic rings. The number of hydrogen-bond donors (Lipinski definition) is 2. The van der Waals surface area contributed by atoms with Crippen molar-refractivity contribution in [1.82, 2.24) is 0 Å². The fraction of sp³-hybridized carbons (Fsp3) is 0. The molecule has 6 rings (SSSR count). The average Bonchev–Trinajstić information content (AvgIpc) is 3.27. The van der Waals surface area contributed by atoms with Crippen molar-refractivity contribution in [2.45, 2.75) is 0 Å². The monoisotopic (exact) mass is 440 g/mol. The molecule has 2 N–H and O–H groups in total. The third-order valence-corrected chi connectivity index (χ3v) is 6.28. The van der Waals surface area contributed by atoms with Crippen LogP contribution < -0.4 is 5.46 Å². The van der Waals surface area contributed by atoms with E-state index in [2.05, 4.69) is 48.5 Å². The lowest BCUT2D eigenvalue weighted by Crippen LogP contribution is -2.29. The van der Waals surface area contributed by atoms with Crippen LogP contribution in [0.3, 0.4) is 0 Å². The van der Waals surface area contributed by atoms with Crippen molar-refractivity contribution in [3.63, 3.8) is 0 Å². The fourth-order valence-corrected chi connectivity index (χ4v) is 4.57. The molecule has 34 heavy (non-hydrogen) atoms. The molecule has 162 valence electrons. The van der Waals surface area contributed by atoms with Gasteiger partial charge in [-0.15, -0.1) is 0 Å². The Balaban J connectivity index is 1.65. The maximum absolute atomic E-state index is 9.73. The van der Waals surface area contributed by atoms with E-state index in [0.29, 0.717) is 5.46 Å². The van der Waals surface area contributed by atoms with Crippen LogP contribution in [0.25, 0.3) is 55.3 Å². The van der Waals surface area contributed by atoms with Gasteiger partial charge in [0.05, 0.1) is 0 Å². The van der Waals surface area contributed by atoms with Crippen LogP contribution in [-0.2, 0) is 0 Å². The molecule has 0 amide bonds. The van der Waals surface area contributed by atoms with Crippen LogP contribution in [0.15, 0.2) is 120 Å². The van der Waals surface area contributed by atoms with E-state index < -0.39 is 7.12 Å². The summed E-state index contributed by atoms with van der Waals surface area (Å²) in [6.45, 7) is 0. The van der Waals surface area contributed by atoms with Crippen molar-refractivity contribution in [2.75, 3.05) is 0 Å². The summed E-state index contributed by atoms with van der Waals surface area (Å²) in [6.07, 6.45) is 0. The summed E-state index contributed by atoms with van der Waals surface area (Å²) in [5, 5.41) is 21.5. The summed E-state index contributed by atoms with van der Waals surface area (Å²) in [4.78, 5) is 0. The third kappa shape index (κ3) is 3.59. The Labute approximate surface area is 197 Å². The summed E-state index contributed by atoms with van der Waals surface area (Å²) in [5.74, 6) is 0. The van der Waals surface area contributed by atoms with E-state index in [1.807, 2.05) is 54.6 Å². The van der Waals surface area contributed by atoms with Crippen LogP contribution in [0.4, 0.5) is 0 Å². The van der Waals surface area contributed by atoms with Gasteiger partial charge in [-0.2, -0.15) is 0 Å². The minimum absolute atomic E-state index is 0.443. The van der Waals surface area contributed by atoms with Crippen LogP contribution in [0, 0.1) is 0 Å². The van der Waals surface area contributed by atoms with Gasteiger partial charge in [0.2, 0.25) is 0 Å². The molecule has 0 aliphatic heterocycles. The van der Waals surface area contributed by atoms with E-state index in [1.165, 1.54) is 0 Å². The van der Waals surface area contributed by atoms with E-state index in [0.717, 1.165) is 55.3 Å². The fourth-order valence-electron chi connectivity index (χ4n) is 4.57. The zero-order valence-corrected chi connectivity index (χ0v) is 18.3. The second kappa shape index (κ2) is 8.34. The molecule has 0 fully saturated rings. The highest BCUT2D eigenvalue weighted by Gasteiger charge is 2.18. The minimum Gasteiger partial charge on any atom is -0.455 e. The molecule has 0 bridgehead atoms. The molecule has 6 aromatic rings. The lowest BCUT2D eigenvalue weighted by molar-refractivity contribution is 0.426. The lowest BCUT2D eigenvalue weighted by Gasteiger charge is -2.09. The smallest absolute Gasteiger partial charge is 0.455 e. The molecule has 0 saturated heterocycles. The topological polar surface area (TPSA) is 53.6 Å². The number of fused-ring (bicyclic) bond motifs is 3. The Morgan fingerprint density at radius 2 is 1.15 bits per heavy atom. The molecule has 4 heteroatoms. The third-order valence-electron chi connectivity index (χ3n) is 6.28. The highest BCUT2D eigenvalue weighted by molar-refractivity contribution is 6.58. The number of benzene rings is 5. The Kier molecular flexibility index (Phi) is 5.03. The molecule has 1 aromatic heterocycles. The first kappa shape index (κ1) is 20.5. The van der Waals surface area contributed by atoms with Crippen molar-refractivity contribution in [2.24, 2.45) is 0 Å². The molecular formula is C30H21BO3. The molecule has 0 radical (unpaired) electrons. The van der Waals surface area contributed by atoms with Crippen molar-refractivity contribution in [3.05, 3.63) is 115 Å². The van der Waals surface area contributed by atoms with E-state index in [1.54, 1.807) is 12.1 Å². The number of furan rings is 1. The Morgan fingerprint density at radius 1 is 0.500 bits per heavy atom. The van der Waals surface area contributed by atoms with Gasteiger partial charge in [0.15, 0.2) is 0 Å². The van der Waals surface area contributed by atoms with Gasteiger partial charge in [-0.25, -0.2) is 0 Å². The maximum atomic E-state index is 9.73. The van der Waals surface area contributed by atoms with Crippen LogP contribution in [0.1, 0.15) is 0 Å². The van der Waals surface area contributed by atoms with Crippen molar-refractivity contribution in [3.8, 4) is 33.4 Å². The second-order valence-corrected chi connectivity index (χ2v) is 8.44. The highest BCUT2D eigenvalue weighted by atomic mass is 16.4. The molecule has 0 aliphatic carbocycles. The SMILES string of the molecule is OB(O)c1cccc(-c2cc(-c3ccccc3)cc3c2oc2ccc(-c4ccccc4)cc23)c1. The standard InChI is InChI=1S/C30H21BO3/c32-31(33)25-13-7-12-23(16-25)26-18-24(21-10-5-2-6-11-21)19-28-27-17-22(20-8-3-1-4-9-20)14-15-29(27)34-30(26)28/h1-19,32-33H. The molecule has 3 nitrogen and oxygen atoms in total. The first-order valence-electron chi connectivity index (χ1n) is 11.2. The predicted molar refractivity (Wildman–Crippen MR) is 140 cm³/mol.